The molecular formula is C27H28N4O2S. The molecule has 174 valence electrons. The third kappa shape index (κ3) is 5.85. The Hall–Kier alpha value is -3.58. The van der Waals surface area contributed by atoms with E-state index in [-0.39, 0.29) is 11.9 Å². The first-order valence-electron chi connectivity index (χ1n) is 11.1. The molecule has 1 heterocycles. The topological polar surface area (TPSA) is 69.0 Å². The van der Waals surface area contributed by atoms with Crippen molar-refractivity contribution in [2.24, 2.45) is 7.05 Å². The molecule has 1 unspecified atom stereocenters. The number of nitrogens with zero attached hydrogens (tertiary/aromatic N) is 3. The summed E-state index contributed by atoms with van der Waals surface area (Å²) in [6.45, 7) is 2.00. The van der Waals surface area contributed by atoms with Gasteiger partial charge >= 0.3 is 0 Å². The zero-order valence-electron chi connectivity index (χ0n) is 19.6. The predicted octanol–water partition coefficient (Wildman–Crippen LogP) is 5.14. The fourth-order valence-corrected chi connectivity index (χ4v) is 4.50. The lowest BCUT2D eigenvalue weighted by molar-refractivity contribution is 0.0934. The van der Waals surface area contributed by atoms with Crippen LogP contribution in [-0.2, 0) is 19.2 Å². The molecule has 1 N–H and O–H groups in total. The second kappa shape index (κ2) is 11.0. The summed E-state index contributed by atoms with van der Waals surface area (Å²) >= 11 is 1.61. The number of nitrogens with one attached hydrogen (secondary N) is 1. The van der Waals surface area contributed by atoms with Crippen molar-refractivity contribution in [3.63, 3.8) is 0 Å². The number of amides is 1. The second-order valence-electron chi connectivity index (χ2n) is 8.12. The van der Waals surface area contributed by atoms with Gasteiger partial charge in [0.05, 0.1) is 13.2 Å². The van der Waals surface area contributed by atoms with Crippen LogP contribution in [0.3, 0.4) is 0 Å². The number of methoxy groups -OCH3 is 1. The summed E-state index contributed by atoms with van der Waals surface area (Å²) in [5, 5.41) is 12.9. The first-order chi connectivity index (χ1) is 16.5. The lowest BCUT2D eigenvalue weighted by Gasteiger charge is -2.19. The fraction of sp³-hybridized carbons (Fsp3) is 0.222. The summed E-state index contributed by atoms with van der Waals surface area (Å²) in [6, 6.07) is 25.4. The minimum absolute atomic E-state index is 0.128. The molecule has 0 saturated carbocycles. The number of rotatable bonds is 9. The molecule has 4 rings (SSSR count). The summed E-state index contributed by atoms with van der Waals surface area (Å²) in [7, 11) is 3.61. The molecule has 7 heteroatoms. The number of thioether (sulfide) groups is 1. The highest BCUT2D eigenvalue weighted by Gasteiger charge is 2.23. The number of benzene rings is 3. The molecule has 6 nitrogen and oxygen atoms in total. The van der Waals surface area contributed by atoms with Crippen molar-refractivity contribution >= 4 is 17.7 Å². The molecule has 34 heavy (non-hydrogen) atoms. The molecule has 0 aliphatic carbocycles. The number of carbonyl (C=O) groups excluding carboxylic acids is 1. The van der Waals surface area contributed by atoms with Crippen LogP contribution >= 0.6 is 11.8 Å². The van der Waals surface area contributed by atoms with Gasteiger partial charge in [0.15, 0.2) is 11.0 Å². The van der Waals surface area contributed by atoms with Crippen molar-refractivity contribution in [1.29, 1.82) is 0 Å². The Morgan fingerprint density at radius 2 is 1.68 bits per heavy atom. The van der Waals surface area contributed by atoms with Crippen LogP contribution in [0.15, 0.2) is 84.0 Å². The van der Waals surface area contributed by atoms with Crippen LogP contribution < -0.4 is 10.1 Å². The number of hydrogen-bond acceptors (Lipinski definition) is 5. The molecule has 0 aliphatic rings. The highest BCUT2D eigenvalue weighted by molar-refractivity contribution is 7.98. The molecule has 0 saturated heterocycles. The molecule has 0 radical (unpaired) electrons. The lowest BCUT2D eigenvalue weighted by Crippen LogP contribution is -2.31. The van der Waals surface area contributed by atoms with E-state index in [1.54, 1.807) is 18.9 Å². The Morgan fingerprint density at radius 3 is 2.35 bits per heavy atom. The third-order valence-electron chi connectivity index (χ3n) is 5.61. The molecular weight excluding hydrogens is 444 g/mol. The van der Waals surface area contributed by atoms with Crippen molar-refractivity contribution in [3.05, 3.63) is 107 Å². The molecule has 0 aliphatic heterocycles. The van der Waals surface area contributed by atoms with E-state index in [9.17, 15) is 4.79 Å². The van der Waals surface area contributed by atoms with Crippen LogP contribution in [0.5, 0.6) is 5.75 Å². The lowest BCUT2D eigenvalue weighted by atomic mass is 10.0. The van der Waals surface area contributed by atoms with E-state index < -0.39 is 0 Å². The van der Waals surface area contributed by atoms with Gasteiger partial charge in [-0.05, 0) is 48.7 Å². The van der Waals surface area contributed by atoms with Crippen molar-refractivity contribution in [2.45, 2.75) is 30.3 Å². The summed E-state index contributed by atoms with van der Waals surface area (Å²) in [5.74, 6) is 2.19. The summed E-state index contributed by atoms with van der Waals surface area (Å²) in [6.07, 6.45) is 0.619. The quantitative estimate of drug-likeness (QED) is 0.342. The maximum absolute atomic E-state index is 13.0. The van der Waals surface area contributed by atoms with Gasteiger partial charge in [-0.3, -0.25) is 4.79 Å². The molecule has 0 fully saturated rings. The minimum atomic E-state index is -0.316. The number of hydrogen-bond donors (Lipinski definition) is 1. The van der Waals surface area contributed by atoms with Crippen molar-refractivity contribution in [2.75, 3.05) is 7.11 Å². The van der Waals surface area contributed by atoms with Crippen molar-refractivity contribution in [3.8, 4) is 5.75 Å². The van der Waals surface area contributed by atoms with Gasteiger partial charge < -0.3 is 14.6 Å². The molecule has 1 aromatic heterocycles. The van der Waals surface area contributed by atoms with Crippen LogP contribution in [0.2, 0.25) is 0 Å². The molecule has 4 aromatic rings. The van der Waals surface area contributed by atoms with E-state index >= 15 is 0 Å². The number of aromatic nitrogens is 3. The van der Waals surface area contributed by atoms with E-state index in [0.717, 1.165) is 33.6 Å². The van der Waals surface area contributed by atoms with Crippen LogP contribution in [-0.4, -0.2) is 27.8 Å². The van der Waals surface area contributed by atoms with Crippen molar-refractivity contribution in [1.82, 2.24) is 20.1 Å². The van der Waals surface area contributed by atoms with Gasteiger partial charge in [-0.25, -0.2) is 0 Å². The van der Waals surface area contributed by atoms with E-state index in [2.05, 4.69) is 27.6 Å². The number of aryl methyl sites for hydroxylation is 1. The van der Waals surface area contributed by atoms with Gasteiger partial charge in [-0.1, -0.05) is 71.9 Å². The molecule has 0 spiro atoms. The highest BCUT2D eigenvalue weighted by Crippen LogP contribution is 2.25. The smallest absolute Gasteiger partial charge is 0.251 e. The Labute approximate surface area is 204 Å². The maximum atomic E-state index is 13.0. The van der Waals surface area contributed by atoms with E-state index in [4.69, 9.17) is 4.74 Å². The van der Waals surface area contributed by atoms with Gasteiger partial charge in [-0.15, -0.1) is 10.2 Å². The van der Waals surface area contributed by atoms with E-state index in [1.165, 1.54) is 5.56 Å². The Balaban J connectivity index is 1.53. The number of carbonyl (C=O) groups is 1. The minimum Gasteiger partial charge on any atom is -0.497 e. The SMILES string of the molecule is COc1ccc(CSc2nnc(C(Cc3ccccc3)NC(=O)c3ccc(C)cc3)n2C)cc1. The average Bonchev–Trinajstić information content (AvgIpc) is 3.23. The normalized spacial score (nSPS) is 11.7. The summed E-state index contributed by atoms with van der Waals surface area (Å²) in [5.41, 5.74) is 4.03. The van der Waals surface area contributed by atoms with Gasteiger partial charge in [0, 0.05) is 18.4 Å². The van der Waals surface area contributed by atoms with Gasteiger partial charge in [-0.2, -0.15) is 0 Å². The first kappa shape index (κ1) is 23.6. The Morgan fingerprint density at radius 1 is 0.971 bits per heavy atom. The monoisotopic (exact) mass is 472 g/mol. The van der Waals surface area contributed by atoms with Gasteiger partial charge in [0.25, 0.3) is 5.91 Å². The molecule has 0 bridgehead atoms. The summed E-state index contributed by atoms with van der Waals surface area (Å²) in [4.78, 5) is 13.0. The molecule has 1 amide bonds. The third-order valence-corrected chi connectivity index (χ3v) is 6.70. The standard InChI is InChI=1S/C27H28N4O2S/c1-19-9-13-22(14-10-19)26(32)28-24(17-20-7-5-4-6-8-20)25-29-30-27(31(25)2)34-18-21-11-15-23(33-3)16-12-21/h4-16,24H,17-18H2,1-3H3,(H,28,32). The summed E-state index contributed by atoms with van der Waals surface area (Å²) < 4.78 is 7.20. The Kier molecular flexibility index (Phi) is 7.65. The maximum Gasteiger partial charge on any atom is 0.251 e. The zero-order chi connectivity index (χ0) is 23.9. The van der Waals surface area contributed by atoms with Gasteiger partial charge in [0.1, 0.15) is 5.75 Å². The van der Waals surface area contributed by atoms with Gasteiger partial charge in [0.2, 0.25) is 0 Å². The average molecular weight is 473 g/mol. The largest absolute Gasteiger partial charge is 0.497 e. The second-order valence-corrected chi connectivity index (χ2v) is 9.06. The molecule has 1 atom stereocenters. The van der Waals surface area contributed by atoms with E-state index in [1.807, 2.05) is 85.3 Å². The van der Waals surface area contributed by atoms with Crippen LogP contribution in [0, 0.1) is 6.92 Å². The van der Waals surface area contributed by atoms with Crippen molar-refractivity contribution < 1.29 is 9.53 Å². The fourth-order valence-electron chi connectivity index (χ4n) is 3.63. The number of ether oxygens (including phenoxy) is 1. The predicted molar refractivity (Wildman–Crippen MR) is 135 cm³/mol. The van der Waals surface area contributed by atoms with Crippen LogP contribution in [0.25, 0.3) is 0 Å². The molecule has 3 aromatic carbocycles. The Bertz CT molecular complexity index is 1220. The van der Waals surface area contributed by atoms with Crippen LogP contribution in [0.1, 0.15) is 38.9 Å². The first-order valence-corrected chi connectivity index (χ1v) is 12.1. The van der Waals surface area contributed by atoms with Crippen LogP contribution in [0.4, 0.5) is 0 Å². The highest BCUT2D eigenvalue weighted by atomic mass is 32.2. The van der Waals surface area contributed by atoms with E-state index in [0.29, 0.717) is 12.0 Å². The zero-order valence-corrected chi connectivity index (χ0v) is 20.4.